The van der Waals surface area contributed by atoms with Gasteiger partial charge >= 0.3 is 17.9 Å². The summed E-state index contributed by atoms with van der Waals surface area (Å²) in [6, 6.07) is 0. The second-order valence-electron chi connectivity index (χ2n) is 15.6. The predicted molar refractivity (Wildman–Crippen MR) is 238 cm³/mol. The maximum absolute atomic E-state index is 12.7. The van der Waals surface area contributed by atoms with Gasteiger partial charge in [0.25, 0.3) is 0 Å². The minimum absolute atomic E-state index is 0.0984. The molecule has 6 heteroatoms. The number of allylic oxidation sites excluding steroid dienone is 8. The molecule has 0 N–H and O–H groups in total. The normalized spacial score (nSPS) is 12.4. The molecule has 0 aromatic carbocycles. The largest absolute Gasteiger partial charge is 0.462 e. The van der Waals surface area contributed by atoms with Crippen LogP contribution in [0.4, 0.5) is 0 Å². The van der Waals surface area contributed by atoms with E-state index in [-0.39, 0.29) is 37.5 Å². The minimum Gasteiger partial charge on any atom is -0.462 e. The fraction of sp³-hybridized carbons (Fsp3) is 0.780. The van der Waals surface area contributed by atoms with E-state index >= 15 is 0 Å². The summed E-state index contributed by atoms with van der Waals surface area (Å²) in [4.78, 5) is 37.7. The van der Waals surface area contributed by atoms with Crippen LogP contribution in [-0.4, -0.2) is 37.2 Å². The van der Waals surface area contributed by atoms with Crippen molar-refractivity contribution in [2.45, 2.75) is 239 Å². The first kappa shape index (κ1) is 53.4. The van der Waals surface area contributed by atoms with Crippen molar-refractivity contribution in [3.05, 3.63) is 48.6 Å². The number of carbonyl (C=O) groups is 3. The van der Waals surface area contributed by atoms with Crippen molar-refractivity contribution in [2.24, 2.45) is 0 Å². The van der Waals surface area contributed by atoms with Crippen LogP contribution >= 0.6 is 0 Å². The molecule has 1 atom stereocenters. The smallest absolute Gasteiger partial charge is 0.306 e. The number of hydrogen-bond acceptors (Lipinski definition) is 6. The van der Waals surface area contributed by atoms with Crippen molar-refractivity contribution in [1.29, 1.82) is 0 Å². The highest BCUT2D eigenvalue weighted by Gasteiger charge is 2.19. The van der Waals surface area contributed by atoms with Crippen molar-refractivity contribution >= 4 is 17.9 Å². The highest BCUT2D eigenvalue weighted by Crippen LogP contribution is 2.15. The zero-order valence-electron chi connectivity index (χ0n) is 36.9. The Morgan fingerprint density at radius 3 is 1.05 bits per heavy atom. The zero-order chi connectivity index (χ0) is 40.8. The van der Waals surface area contributed by atoms with Crippen LogP contribution in [-0.2, 0) is 28.6 Å². The third-order valence-electron chi connectivity index (χ3n) is 10.1. The molecular formula is C50H88O6. The quantitative estimate of drug-likeness (QED) is 0.0265. The number of hydrogen-bond donors (Lipinski definition) is 0. The molecule has 324 valence electrons. The molecule has 0 bridgehead atoms. The molecule has 0 saturated heterocycles. The van der Waals surface area contributed by atoms with Crippen molar-refractivity contribution < 1.29 is 28.6 Å². The number of esters is 3. The number of rotatable bonds is 42. The van der Waals surface area contributed by atoms with Gasteiger partial charge in [0.1, 0.15) is 13.2 Å². The summed E-state index contributed by atoms with van der Waals surface area (Å²) in [6.07, 6.45) is 52.5. The average Bonchev–Trinajstić information content (AvgIpc) is 3.19. The lowest BCUT2D eigenvalue weighted by Crippen LogP contribution is -2.30. The SMILES string of the molecule is CC/C=C\C/C=C\C/C=C\C/C=C\CCC(=O)OC(COC(=O)CCCCCCCCCCCC)COC(=O)CCCCCCCCCCCCCCCCC. The van der Waals surface area contributed by atoms with Crippen molar-refractivity contribution in [3.63, 3.8) is 0 Å². The van der Waals surface area contributed by atoms with E-state index in [1.165, 1.54) is 122 Å². The molecule has 0 aromatic heterocycles. The Bertz CT molecular complexity index is 996. The molecule has 56 heavy (non-hydrogen) atoms. The zero-order valence-corrected chi connectivity index (χ0v) is 36.9. The lowest BCUT2D eigenvalue weighted by atomic mass is 10.0. The second kappa shape index (κ2) is 45.1. The third-order valence-corrected chi connectivity index (χ3v) is 10.1. The van der Waals surface area contributed by atoms with Gasteiger partial charge in [-0.2, -0.15) is 0 Å². The molecule has 0 aliphatic rings. The van der Waals surface area contributed by atoms with Gasteiger partial charge in [0.05, 0.1) is 0 Å². The molecule has 0 fully saturated rings. The topological polar surface area (TPSA) is 78.9 Å². The molecule has 0 rings (SSSR count). The molecule has 0 aromatic rings. The molecule has 0 amide bonds. The molecule has 1 unspecified atom stereocenters. The highest BCUT2D eigenvalue weighted by atomic mass is 16.6. The van der Waals surface area contributed by atoms with E-state index in [0.29, 0.717) is 19.3 Å². The summed E-state index contributed by atoms with van der Waals surface area (Å²) in [5.74, 6) is -0.978. The first-order chi connectivity index (χ1) is 27.5. The Kier molecular flexibility index (Phi) is 43.0. The van der Waals surface area contributed by atoms with Crippen LogP contribution in [0, 0.1) is 0 Å². The summed E-state index contributed by atoms with van der Waals surface area (Å²) in [5, 5.41) is 0. The van der Waals surface area contributed by atoms with E-state index in [2.05, 4.69) is 57.2 Å². The maximum Gasteiger partial charge on any atom is 0.306 e. The van der Waals surface area contributed by atoms with Crippen molar-refractivity contribution in [2.75, 3.05) is 13.2 Å². The molecule has 0 spiro atoms. The Hall–Kier alpha value is -2.63. The van der Waals surface area contributed by atoms with Crippen LogP contribution in [0.5, 0.6) is 0 Å². The van der Waals surface area contributed by atoms with Gasteiger partial charge in [-0.05, 0) is 44.9 Å². The van der Waals surface area contributed by atoms with Crippen LogP contribution in [0.25, 0.3) is 0 Å². The Morgan fingerprint density at radius 1 is 0.375 bits per heavy atom. The Morgan fingerprint density at radius 2 is 0.696 bits per heavy atom. The van der Waals surface area contributed by atoms with Crippen LogP contribution in [0.15, 0.2) is 48.6 Å². The third kappa shape index (κ3) is 42.5. The lowest BCUT2D eigenvalue weighted by Gasteiger charge is -2.18. The molecule has 0 aliphatic heterocycles. The standard InChI is InChI=1S/C50H88O6/c1-4-7-10-13-16-19-22-24-25-27-28-31-34-37-40-43-49(52)55-46-47(45-54-48(51)42-39-36-33-30-21-18-15-12-9-6-3)56-50(53)44-41-38-35-32-29-26-23-20-17-14-11-8-5-2/h8,11,17,20,26,29,35,38,47H,4-7,9-10,12-16,18-19,21-25,27-28,30-34,36-37,39-46H2,1-3H3/b11-8-,20-17-,29-26-,38-35-. The summed E-state index contributed by atoms with van der Waals surface area (Å²) in [7, 11) is 0. The molecular weight excluding hydrogens is 697 g/mol. The number of ether oxygens (including phenoxy) is 3. The van der Waals surface area contributed by atoms with Gasteiger partial charge in [0, 0.05) is 19.3 Å². The van der Waals surface area contributed by atoms with E-state index < -0.39 is 6.10 Å². The fourth-order valence-electron chi connectivity index (χ4n) is 6.57. The number of carbonyl (C=O) groups excluding carboxylic acids is 3. The summed E-state index contributed by atoms with van der Waals surface area (Å²) in [5.41, 5.74) is 0. The summed E-state index contributed by atoms with van der Waals surface area (Å²) >= 11 is 0. The predicted octanol–water partition coefficient (Wildman–Crippen LogP) is 15.1. The molecule has 6 nitrogen and oxygen atoms in total. The van der Waals surface area contributed by atoms with Crippen molar-refractivity contribution in [1.82, 2.24) is 0 Å². The number of unbranched alkanes of at least 4 members (excludes halogenated alkanes) is 23. The van der Waals surface area contributed by atoms with Gasteiger partial charge in [-0.15, -0.1) is 0 Å². The molecule has 0 radical (unpaired) electrons. The monoisotopic (exact) mass is 785 g/mol. The summed E-state index contributed by atoms with van der Waals surface area (Å²) < 4.78 is 16.6. The van der Waals surface area contributed by atoms with Crippen LogP contribution in [0.3, 0.4) is 0 Å². The maximum atomic E-state index is 12.7. The first-order valence-corrected chi connectivity index (χ1v) is 23.6. The van der Waals surface area contributed by atoms with E-state index in [4.69, 9.17) is 14.2 Å². The van der Waals surface area contributed by atoms with Crippen LogP contribution in [0.2, 0.25) is 0 Å². The van der Waals surface area contributed by atoms with E-state index in [0.717, 1.165) is 64.2 Å². The average molecular weight is 785 g/mol. The highest BCUT2D eigenvalue weighted by molar-refractivity contribution is 5.71. The van der Waals surface area contributed by atoms with Gasteiger partial charge in [-0.1, -0.05) is 217 Å². The minimum atomic E-state index is -0.804. The van der Waals surface area contributed by atoms with Crippen LogP contribution in [0.1, 0.15) is 233 Å². The van der Waals surface area contributed by atoms with Gasteiger partial charge < -0.3 is 14.2 Å². The molecule has 0 aliphatic carbocycles. The Labute approximate surface area is 346 Å². The first-order valence-electron chi connectivity index (χ1n) is 23.6. The van der Waals surface area contributed by atoms with Gasteiger partial charge in [-0.3, -0.25) is 14.4 Å². The van der Waals surface area contributed by atoms with Gasteiger partial charge in [-0.25, -0.2) is 0 Å². The van der Waals surface area contributed by atoms with E-state index in [9.17, 15) is 14.4 Å². The summed E-state index contributed by atoms with van der Waals surface area (Å²) in [6.45, 7) is 6.45. The molecule has 0 saturated carbocycles. The van der Waals surface area contributed by atoms with Crippen LogP contribution < -0.4 is 0 Å². The Balaban J connectivity index is 4.42. The van der Waals surface area contributed by atoms with Gasteiger partial charge in [0.2, 0.25) is 0 Å². The lowest BCUT2D eigenvalue weighted by molar-refractivity contribution is -0.166. The van der Waals surface area contributed by atoms with Crippen molar-refractivity contribution in [3.8, 4) is 0 Å². The van der Waals surface area contributed by atoms with E-state index in [1.807, 2.05) is 12.2 Å². The van der Waals surface area contributed by atoms with E-state index in [1.54, 1.807) is 0 Å². The molecule has 0 heterocycles. The fourth-order valence-corrected chi connectivity index (χ4v) is 6.57. The van der Waals surface area contributed by atoms with Gasteiger partial charge in [0.15, 0.2) is 6.10 Å². The second-order valence-corrected chi connectivity index (χ2v) is 15.6.